The molecule has 0 radical (unpaired) electrons. The number of hydrogen-bond donors (Lipinski definition) is 0. The van der Waals surface area contributed by atoms with Gasteiger partial charge in [-0.2, -0.15) is 4.98 Å². The topological polar surface area (TPSA) is 105 Å². The summed E-state index contributed by atoms with van der Waals surface area (Å²) >= 11 is 0. The van der Waals surface area contributed by atoms with Crippen molar-refractivity contribution in [3.63, 3.8) is 0 Å². The Kier molecular flexibility index (Phi) is 3.35. The molecule has 29 heavy (non-hydrogen) atoms. The van der Waals surface area contributed by atoms with Gasteiger partial charge in [0.25, 0.3) is 5.56 Å². The Morgan fingerprint density at radius 2 is 2.17 bits per heavy atom. The highest BCUT2D eigenvalue weighted by Crippen LogP contribution is 2.62. The van der Waals surface area contributed by atoms with Crippen LogP contribution in [0.25, 0.3) is 16.7 Å². The van der Waals surface area contributed by atoms with E-state index in [2.05, 4.69) is 37.2 Å². The van der Waals surface area contributed by atoms with E-state index in [1.807, 2.05) is 12.3 Å². The van der Waals surface area contributed by atoms with Crippen molar-refractivity contribution in [2.24, 2.45) is 18.9 Å². The number of allylic oxidation sites excluding steroid dienone is 2. The van der Waals surface area contributed by atoms with Gasteiger partial charge in [0.05, 0.1) is 6.33 Å². The molecule has 0 amide bonds. The maximum absolute atomic E-state index is 12.7. The normalized spacial score (nSPS) is 22.7. The summed E-state index contributed by atoms with van der Waals surface area (Å²) in [6.45, 7) is 0.193. The zero-order valence-electron chi connectivity index (χ0n) is 15.6. The largest absolute Gasteiger partial charge is 0.337 e. The lowest BCUT2D eigenvalue weighted by Crippen LogP contribution is -2.22. The number of aromatic nitrogens is 7. The smallest absolute Gasteiger partial charge is 0.280 e. The minimum Gasteiger partial charge on any atom is -0.337 e. The molecule has 0 aliphatic heterocycles. The van der Waals surface area contributed by atoms with E-state index in [-0.39, 0.29) is 12.1 Å². The van der Waals surface area contributed by atoms with E-state index in [0.717, 1.165) is 12.2 Å². The van der Waals surface area contributed by atoms with E-state index < -0.39 is 0 Å². The fourth-order valence-electron chi connectivity index (χ4n) is 4.37. The van der Waals surface area contributed by atoms with E-state index in [0.29, 0.717) is 34.8 Å². The van der Waals surface area contributed by atoms with E-state index in [1.165, 1.54) is 22.0 Å². The van der Waals surface area contributed by atoms with Crippen LogP contribution < -0.4 is 5.56 Å². The van der Waals surface area contributed by atoms with Crippen LogP contribution >= 0.6 is 0 Å². The van der Waals surface area contributed by atoms with Crippen molar-refractivity contribution in [1.82, 2.24) is 34.2 Å². The fourth-order valence-corrected chi connectivity index (χ4v) is 4.37. The van der Waals surface area contributed by atoms with Gasteiger partial charge in [-0.15, -0.1) is 0 Å². The molecular formula is C20H17N7O2. The number of rotatable bonds is 4. The molecule has 144 valence electrons. The quantitative estimate of drug-likeness (QED) is 0.525. The van der Waals surface area contributed by atoms with Crippen LogP contribution in [0.2, 0.25) is 0 Å². The van der Waals surface area contributed by atoms with Crippen molar-refractivity contribution in [3.05, 3.63) is 70.9 Å². The predicted molar refractivity (Wildman–Crippen MR) is 103 cm³/mol. The van der Waals surface area contributed by atoms with Crippen LogP contribution in [0, 0.1) is 11.8 Å². The number of imidazole rings is 1. The molecule has 0 aromatic carbocycles. The standard InChI is InChI=1S/C20H17N7O2/c1-26-9-22-19-17(26)20(28)27(10-23-19)8-15-24-18(25-29-15)16-13-5-12(6-14(13)16)11-3-2-4-21-7-11/h2-5,7,9-10,13-14,16H,6,8H2,1H3/t13-,14+,16+/m1/s1. The summed E-state index contributed by atoms with van der Waals surface area (Å²) in [6, 6.07) is 4.05. The molecule has 0 saturated heterocycles. The highest BCUT2D eigenvalue weighted by molar-refractivity contribution is 5.70. The monoisotopic (exact) mass is 387 g/mol. The van der Waals surface area contributed by atoms with Gasteiger partial charge in [0.15, 0.2) is 17.0 Å². The van der Waals surface area contributed by atoms with Crippen LogP contribution in [0.15, 0.2) is 52.6 Å². The number of fused-ring (bicyclic) bond motifs is 2. The summed E-state index contributed by atoms with van der Waals surface area (Å²) in [4.78, 5) is 29.7. The number of aryl methyl sites for hydroxylation is 1. The van der Waals surface area contributed by atoms with Gasteiger partial charge in [0.1, 0.15) is 12.9 Å². The Labute approximate surface area is 164 Å². The third-order valence-electron chi connectivity index (χ3n) is 5.90. The first-order valence-corrected chi connectivity index (χ1v) is 9.49. The first-order chi connectivity index (χ1) is 14.2. The van der Waals surface area contributed by atoms with Crippen LogP contribution in [0.1, 0.15) is 29.6 Å². The van der Waals surface area contributed by atoms with Gasteiger partial charge in [-0.1, -0.05) is 17.3 Å². The molecule has 0 bridgehead atoms. The van der Waals surface area contributed by atoms with Gasteiger partial charge in [0, 0.05) is 25.4 Å². The lowest BCUT2D eigenvalue weighted by atomic mass is 10.0. The summed E-state index contributed by atoms with van der Waals surface area (Å²) < 4.78 is 8.56. The van der Waals surface area contributed by atoms with E-state index in [4.69, 9.17) is 4.52 Å². The summed E-state index contributed by atoms with van der Waals surface area (Å²) in [5, 5.41) is 4.17. The SMILES string of the molecule is Cn1cnc2ncn(Cc3nc([C@H]4[C@@H]5C=C(c6cccnc6)C[C@@H]54)no3)c(=O)c21. The maximum atomic E-state index is 12.7. The Balaban J connectivity index is 1.22. The molecule has 2 aliphatic carbocycles. The molecule has 0 N–H and O–H groups in total. The van der Waals surface area contributed by atoms with Crippen LogP contribution in [0.3, 0.4) is 0 Å². The van der Waals surface area contributed by atoms with Crippen LogP contribution in [0.4, 0.5) is 0 Å². The average Bonchev–Trinajstić information content (AvgIpc) is 3.16. The van der Waals surface area contributed by atoms with Crippen molar-refractivity contribution in [2.75, 3.05) is 0 Å². The van der Waals surface area contributed by atoms with Crippen molar-refractivity contribution in [2.45, 2.75) is 18.9 Å². The van der Waals surface area contributed by atoms with Crippen molar-refractivity contribution in [3.8, 4) is 0 Å². The minimum absolute atomic E-state index is 0.179. The summed E-state index contributed by atoms with van der Waals surface area (Å²) in [7, 11) is 1.77. The van der Waals surface area contributed by atoms with Crippen LogP contribution in [-0.4, -0.2) is 34.2 Å². The highest BCUT2D eigenvalue weighted by atomic mass is 16.5. The zero-order valence-corrected chi connectivity index (χ0v) is 15.6. The Bertz CT molecular complexity index is 1320. The molecular weight excluding hydrogens is 370 g/mol. The second-order valence-corrected chi connectivity index (χ2v) is 7.66. The molecule has 9 heteroatoms. The zero-order chi connectivity index (χ0) is 19.5. The van der Waals surface area contributed by atoms with E-state index >= 15 is 0 Å². The highest BCUT2D eigenvalue weighted by Gasteiger charge is 2.55. The summed E-state index contributed by atoms with van der Waals surface area (Å²) in [5.41, 5.74) is 3.24. The van der Waals surface area contributed by atoms with Gasteiger partial charge >= 0.3 is 0 Å². The summed E-state index contributed by atoms with van der Waals surface area (Å²) in [6.07, 6.45) is 10.1. The number of nitrogens with zero attached hydrogens (tertiary/aromatic N) is 7. The van der Waals surface area contributed by atoms with Crippen LogP contribution in [0.5, 0.6) is 0 Å². The molecule has 4 heterocycles. The molecule has 3 atom stereocenters. The Hall–Kier alpha value is -3.62. The first kappa shape index (κ1) is 16.3. The minimum atomic E-state index is -0.179. The Morgan fingerprint density at radius 3 is 2.97 bits per heavy atom. The van der Waals surface area contributed by atoms with Gasteiger partial charge in [-0.25, -0.2) is 9.97 Å². The Morgan fingerprint density at radius 1 is 1.28 bits per heavy atom. The molecule has 6 rings (SSSR count). The van der Waals surface area contributed by atoms with E-state index in [9.17, 15) is 4.79 Å². The lowest BCUT2D eigenvalue weighted by molar-refractivity contribution is 0.364. The second-order valence-electron chi connectivity index (χ2n) is 7.66. The molecule has 2 aliphatic rings. The number of hydrogen-bond acceptors (Lipinski definition) is 7. The van der Waals surface area contributed by atoms with Crippen molar-refractivity contribution >= 4 is 16.7 Å². The van der Waals surface area contributed by atoms with Gasteiger partial charge in [0.2, 0.25) is 5.89 Å². The average molecular weight is 387 g/mol. The molecule has 1 saturated carbocycles. The van der Waals surface area contributed by atoms with Crippen molar-refractivity contribution < 1.29 is 4.52 Å². The third kappa shape index (κ3) is 2.54. The molecule has 0 unspecified atom stereocenters. The molecule has 4 aromatic rings. The lowest BCUT2D eigenvalue weighted by Gasteiger charge is -2.04. The van der Waals surface area contributed by atoms with Gasteiger partial charge < -0.3 is 9.09 Å². The third-order valence-corrected chi connectivity index (χ3v) is 5.90. The van der Waals surface area contributed by atoms with Gasteiger partial charge in [-0.05, 0) is 35.5 Å². The first-order valence-electron chi connectivity index (χ1n) is 9.49. The van der Waals surface area contributed by atoms with Crippen LogP contribution in [-0.2, 0) is 13.6 Å². The summed E-state index contributed by atoms with van der Waals surface area (Å²) in [5.74, 6) is 2.39. The molecule has 4 aromatic heterocycles. The fraction of sp³-hybridized carbons (Fsp3) is 0.300. The predicted octanol–water partition coefficient (Wildman–Crippen LogP) is 1.77. The van der Waals surface area contributed by atoms with E-state index in [1.54, 1.807) is 24.1 Å². The van der Waals surface area contributed by atoms with Gasteiger partial charge in [-0.3, -0.25) is 14.3 Å². The maximum Gasteiger partial charge on any atom is 0.280 e. The molecule has 1 fully saturated rings. The van der Waals surface area contributed by atoms with Crippen molar-refractivity contribution in [1.29, 1.82) is 0 Å². The number of pyridine rings is 1. The second kappa shape index (κ2) is 5.94. The molecule has 0 spiro atoms. The molecule has 9 nitrogen and oxygen atoms in total.